The summed E-state index contributed by atoms with van der Waals surface area (Å²) in [5.41, 5.74) is 6.20. The molecule has 0 radical (unpaired) electrons. The highest BCUT2D eigenvalue weighted by atomic mass is 32.1. The van der Waals surface area contributed by atoms with Gasteiger partial charge in [0.2, 0.25) is 0 Å². The molecule has 1 heterocycles. The zero-order valence-electron chi connectivity index (χ0n) is 7.54. The van der Waals surface area contributed by atoms with E-state index in [1.165, 1.54) is 11.3 Å². The van der Waals surface area contributed by atoms with E-state index in [2.05, 4.69) is 4.98 Å². The summed E-state index contributed by atoms with van der Waals surface area (Å²) in [5, 5.41) is 0.521. The van der Waals surface area contributed by atoms with Crippen molar-refractivity contribution in [2.45, 2.75) is 26.2 Å². The number of thiazole rings is 1. The summed E-state index contributed by atoms with van der Waals surface area (Å²) in [6.07, 6.45) is 3.00. The minimum atomic E-state index is 0.114. The summed E-state index contributed by atoms with van der Waals surface area (Å²) in [6, 6.07) is 0. The number of aromatic nitrogens is 1. The highest BCUT2D eigenvalue weighted by Crippen LogP contribution is 2.29. The van der Waals surface area contributed by atoms with Crippen molar-refractivity contribution in [2.75, 3.05) is 5.73 Å². The van der Waals surface area contributed by atoms with Gasteiger partial charge in [-0.25, -0.2) is 4.98 Å². The molecule has 1 aromatic heterocycles. The highest BCUT2D eigenvalue weighted by molar-refractivity contribution is 7.15. The second-order valence-electron chi connectivity index (χ2n) is 3.48. The third-order valence-corrected chi connectivity index (χ3v) is 3.38. The number of rotatable bonds is 0. The lowest BCUT2D eigenvalue weighted by atomic mass is 10.0. The Morgan fingerprint density at radius 3 is 3.15 bits per heavy atom. The third-order valence-electron chi connectivity index (χ3n) is 2.44. The number of Topliss-reactive ketones (excluding diaryl/α,β-unsaturated/α-hetero) is 1. The smallest absolute Gasteiger partial charge is 0.185 e. The van der Waals surface area contributed by atoms with Crippen LogP contribution in [0.15, 0.2) is 0 Å². The molecule has 0 amide bonds. The molecule has 1 aliphatic rings. The Balaban J connectivity index is 2.45. The van der Waals surface area contributed by atoms with Crippen molar-refractivity contribution in [3.05, 3.63) is 10.6 Å². The zero-order valence-corrected chi connectivity index (χ0v) is 8.36. The Labute approximate surface area is 81.0 Å². The molecular formula is C9H12N2OS. The SMILES string of the molecule is CC1CCCc2sc(N)nc2C1=O. The number of nitrogens with two attached hydrogens (primary N) is 1. The van der Waals surface area contributed by atoms with Gasteiger partial charge in [0.15, 0.2) is 10.9 Å². The number of nitrogen functional groups attached to an aromatic ring is 1. The fourth-order valence-corrected chi connectivity index (χ4v) is 2.54. The number of hydrogen-bond donors (Lipinski definition) is 1. The van der Waals surface area contributed by atoms with Crippen molar-refractivity contribution >= 4 is 22.3 Å². The molecule has 2 rings (SSSR count). The zero-order chi connectivity index (χ0) is 9.42. The molecule has 0 aliphatic heterocycles. The molecule has 1 aromatic rings. The fraction of sp³-hybridized carbons (Fsp3) is 0.556. The maximum atomic E-state index is 11.7. The number of anilines is 1. The molecule has 0 aromatic carbocycles. The normalized spacial score (nSPS) is 22.5. The van der Waals surface area contributed by atoms with Crippen molar-refractivity contribution in [1.82, 2.24) is 4.98 Å². The average molecular weight is 196 g/mol. The standard InChI is InChI=1S/C9H12N2OS/c1-5-3-2-4-6-7(8(5)12)11-9(10)13-6/h5H,2-4H2,1H3,(H2,10,11). The van der Waals surface area contributed by atoms with Crippen LogP contribution in [0.1, 0.15) is 35.1 Å². The summed E-state index contributed by atoms with van der Waals surface area (Å²) in [5.74, 6) is 0.281. The number of ketones is 1. The summed E-state index contributed by atoms with van der Waals surface area (Å²) in [4.78, 5) is 16.9. The van der Waals surface area contributed by atoms with E-state index in [1.807, 2.05) is 6.92 Å². The Hall–Kier alpha value is -0.900. The molecule has 0 spiro atoms. The number of carbonyl (C=O) groups excluding carboxylic acids is 1. The van der Waals surface area contributed by atoms with Gasteiger partial charge >= 0.3 is 0 Å². The van der Waals surface area contributed by atoms with Crippen molar-refractivity contribution < 1.29 is 4.79 Å². The third kappa shape index (κ3) is 1.46. The van der Waals surface area contributed by atoms with E-state index < -0.39 is 0 Å². The highest BCUT2D eigenvalue weighted by Gasteiger charge is 2.25. The topological polar surface area (TPSA) is 56.0 Å². The summed E-state index contributed by atoms with van der Waals surface area (Å²) < 4.78 is 0. The number of aryl methyl sites for hydroxylation is 1. The molecule has 0 saturated heterocycles. The van der Waals surface area contributed by atoms with Crippen LogP contribution < -0.4 is 5.73 Å². The largest absolute Gasteiger partial charge is 0.375 e. The first-order valence-corrected chi connectivity index (χ1v) is 5.29. The van der Waals surface area contributed by atoms with Crippen LogP contribution in [0.2, 0.25) is 0 Å². The summed E-state index contributed by atoms with van der Waals surface area (Å²) >= 11 is 1.46. The van der Waals surface area contributed by atoms with Gasteiger partial charge in [-0.1, -0.05) is 6.92 Å². The predicted octanol–water partition coefficient (Wildman–Crippen LogP) is 1.88. The van der Waals surface area contributed by atoms with Crippen LogP contribution in [0.25, 0.3) is 0 Å². The second kappa shape index (κ2) is 3.10. The molecule has 1 unspecified atom stereocenters. The molecule has 70 valence electrons. The van der Waals surface area contributed by atoms with Crippen LogP contribution in [0, 0.1) is 5.92 Å². The van der Waals surface area contributed by atoms with E-state index in [-0.39, 0.29) is 11.7 Å². The lowest BCUT2D eigenvalue weighted by molar-refractivity contribution is 0.0922. The van der Waals surface area contributed by atoms with Crippen molar-refractivity contribution in [3.8, 4) is 0 Å². The minimum Gasteiger partial charge on any atom is -0.375 e. The first-order valence-electron chi connectivity index (χ1n) is 4.48. The Morgan fingerprint density at radius 2 is 2.38 bits per heavy atom. The van der Waals surface area contributed by atoms with E-state index in [0.29, 0.717) is 10.8 Å². The van der Waals surface area contributed by atoms with E-state index in [4.69, 9.17) is 5.73 Å². The van der Waals surface area contributed by atoms with Crippen LogP contribution in [0.3, 0.4) is 0 Å². The van der Waals surface area contributed by atoms with Gasteiger partial charge in [0, 0.05) is 10.8 Å². The van der Waals surface area contributed by atoms with Crippen LogP contribution in [0.5, 0.6) is 0 Å². The Morgan fingerprint density at radius 1 is 1.62 bits per heavy atom. The van der Waals surface area contributed by atoms with Crippen LogP contribution >= 0.6 is 11.3 Å². The van der Waals surface area contributed by atoms with E-state index >= 15 is 0 Å². The van der Waals surface area contributed by atoms with Crippen molar-refractivity contribution in [3.63, 3.8) is 0 Å². The summed E-state index contributed by atoms with van der Waals surface area (Å²) in [6.45, 7) is 1.97. The Kier molecular flexibility index (Phi) is 2.07. The summed E-state index contributed by atoms with van der Waals surface area (Å²) in [7, 11) is 0. The Bertz CT molecular complexity index is 345. The van der Waals surface area contributed by atoms with Gasteiger partial charge < -0.3 is 5.73 Å². The molecule has 0 fully saturated rings. The number of hydrogen-bond acceptors (Lipinski definition) is 4. The number of fused-ring (bicyclic) bond motifs is 1. The second-order valence-corrected chi connectivity index (χ2v) is 4.60. The molecule has 2 N–H and O–H groups in total. The molecule has 1 aliphatic carbocycles. The molecule has 4 heteroatoms. The van der Waals surface area contributed by atoms with Gasteiger partial charge in [-0.15, -0.1) is 11.3 Å². The van der Waals surface area contributed by atoms with Gasteiger partial charge in [0.1, 0.15) is 5.69 Å². The molecule has 3 nitrogen and oxygen atoms in total. The number of nitrogens with zero attached hydrogens (tertiary/aromatic N) is 1. The predicted molar refractivity (Wildman–Crippen MR) is 53.0 cm³/mol. The first-order chi connectivity index (χ1) is 6.18. The van der Waals surface area contributed by atoms with E-state index in [9.17, 15) is 4.79 Å². The monoisotopic (exact) mass is 196 g/mol. The molecule has 1 atom stereocenters. The molecule has 13 heavy (non-hydrogen) atoms. The fourth-order valence-electron chi connectivity index (χ4n) is 1.67. The van der Waals surface area contributed by atoms with E-state index in [1.54, 1.807) is 0 Å². The van der Waals surface area contributed by atoms with Gasteiger partial charge in [-0.3, -0.25) is 4.79 Å². The van der Waals surface area contributed by atoms with Gasteiger partial charge in [-0.05, 0) is 19.3 Å². The van der Waals surface area contributed by atoms with E-state index in [0.717, 1.165) is 24.1 Å². The lowest BCUT2D eigenvalue weighted by Crippen LogP contribution is -2.10. The van der Waals surface area contributed by atoms with Crippen LogP contribution in [0.4, 0.5) is 5.13 Å². The lowest BCUT2D eigenvalue weighted by Gasteiger charge is -2.02. The maximum absolute atomic E-state index is 11.7. The molecule has 0 saturated carbocycles. The maximum Gasteiger partial charge on any atom is 0.185 e. The number of carbonyl (C=O) groups is 1. The quantitative estimate of drug-likeness (QED) is 0.644. The minimum absolute atomic E-state index is 0.114. The molecule has 0 bridgehead atoms. The van der Waals surface area contributed by atoms with Crippen molar-refractivity contribution in [2.24, 2.45) is 5.92 Å². The van der Waals surface area contributed by atoms with Crippen molar-refractivity contribution in [1.29, 1.82) is 0 Å². The van der Waals surface area contributed by atoms with Crippen LogP contribution in [-0.2, 0) is 6.42 Å². The first kappa shape index (κ1) is 8.69. The van der Waals surface area contributed by atoms with Gasteiger partial charge in [0.25, 0.3) is 0 Å². The average Bonchev–Trinajstić information content (AvgIpc) is 2.40. The van der Waals surface area contributed by atoms with Gasteiger partial charge in [0.05, 0.1) is 0 Å². The van der Waals surface area contributed by atoms with Crippen LogP contribution in [-0.4, -0.2) is 10.8 Å². The van der Waals surface area contributed by atoms with Gasteiger partial charge in [-0.2, -0.15) is 0 Å². The molecular weight excluding hydrogens is 184 g/mol.